The van der Waals surface area contributed by atoms with Crippen LogP contribution in [0.4, 0.5) is 5.69 Å². The third kappa shape index (κ3) is 2.79. The first-order valence-electron chi connectivity index (χ1n) is 7.16. The number of aldehydes is 1. The maximum Gasteiger partial charge on any atom is 0.138 e. The second-order valence-corrected chi connectivity index (χ2v) is 5.11. The fourth-order valence-corrected chi connectivity index (χ4v) is 2.64. The number of rotatable bonds is 5. The number of phenols is 1. The van der Waals surface area contributed by atoms with Crippen molar-refractivity contribution >= 4 is 22.7 Å². The van der Waals surface area contributed by atoms with Crippen molar-refractivity contribution in [3.8, 4) is 5.75 Å². The van der Waals surface area contributed by atoms with Crippen molar-refractivity contribution in [3.63, 3.8) is 0 Å². The summed E-state index contributed by atoms with van der Waals surface area (Å²) in [4.78, 5) is 11.1. The first-order valence-corrected chi connectivity index (χ1v) is 7.16. The Kier molecular flexibility index (Phi) is 4.05. The molecule has 0 saturated carbocycles. The first kappa shape index (κ1) is 14.1. The Labute approximate surface area is 129 Å². The van der Waals surface area contributed by atoms with Gasteiger partial charge in [0.1, 0.15) is 12.0 Å². The third-order valence-corrected chi connectivity index (χ3v) is 3.70. The minimum Gasteiger partial charge on any atom is -0.506 e. The molecular weight excluding hydrogens is 274 g/mol. The summed E-state index contributed by atoms with van der Waals surface area (Å²) < 4.78 is 0. The van der Waals surface area contributed by atoms with E-state index in [1.54, 1.807) is 18.2 Å². The van der Waals surface area contributed by atoms with Crippen LogP contribution in [0.1, 0.15) is 18.0 Å². The Morgan fingerprint density at radius 2 is 1.95 bits per heavy atom. The Bertz CT molecular complexity index is 793. The molecule has 1 unspecified atom stereocenters. The molecule has 0 aromatic heterocycles. The highest BCUT2D eigenvalue weighted by molar-refractivity contribution is 5.86. The Morgan fingerprint density at radius 1 is 1.14 bits per heavy atom. The first-order chi connectivity index (χ1) is 10.8. The van der Waals surface area contributed by atoms with Gasteiger partial charge in [0.15, 0.2) is 0 Å². The standard InChI is InChI=1S/C19H16NO2/c21-13-12-17(20-18-10-3-4-11-19(18)22)16-9-5-7-14-6-1-2-8-15(14)16/h1-2,4-11,13,17,20,22H,12H2. The molecule has 0 aliphatic carbocycles. The molecule has 0 heterocycles. The second kappa shape index (κ2) is 6.31. The van der Waals surface area contributed by atoms with Crippen LogP contribution < -0.4 is 5.32 Å². The molecule has 1 radical (unpaired) electrons. The SMILES string of the molecule is O=CCC(Nc1c[c]ccc1O)c1cccc2ccccc12. The van der Waals surface area contributed by atoms with E-state index in [4.69, 9.17) is 0 Å². The van der Waals surface area contributed by atoms with E-state index in [1.165, 1.54) is 0 Å². The Hall–Kier alpha value is -2.81. The van der Waals surface area contributed by atoms with Crippen molar-refractivity contribution in [1.29, 1.82) is 0 Å². The van der Waals surface area contributed by atoms with E-state index in [0.29, 0.717) is 12.1 Å². The Balaban J connectivity index is 2.03. The average molecular weight is 290 g/mol. The average Bonchev–Trinajstić information content (AvgIpc) is 2.56. The lowest BCUT2D eigenvalue weighted by atomic mass is 9.97. The molecule has 3 aromatic carbocycles. The van der Waals surface area contributed by atoms with Gasteiger partial charge in [-0.1, -0.05) is 48.5 Å². The summed E-state index contributed by atoms with van der Waals surface area (Å²) >= 11 is 0. The van der Waals surface area contributed by atoms with E-state index in [-0.39, 0.29) is 11.8 Å². The molecule has 0 aliphatic rings. The second-order valence-electron chi connectivity index (χ2n) is 5.11. The molecule has 0 bridgehead atoms. The fourth-order valence-electron chi connectivity index (χ4n) is 2.64. The van der Waals surface area contributed by atoms with Crippen molar-refractivity contribution in [2.24, 2.45) is 0 Å². The quantitative estimate of drug-likeness (QED) is 0.549. The van der Waals surface area contributed by atoms with Crippen LogP contribution in [-0.2, 0) is 4.79 Å². The predicted molar refractivity (Wildman–Crippen MR) is 87.9 cm³/mol. The van der Waals surface area contributed by atoms with Crippen LogP contribution in [0, 0.1) is 6.07 Å². The summed E-state index contributed by atoms with van der Waals surface area (Å²) in [6, 6.07) is 21.7. The van der Waals surface area contributed by atoms with Crippen molar-refractivity contribution in [3.05, 3.63) is 72.3 Å². The highest BCUT2D eigenvalue weighted by Crippen LogP contribution is 2.31. The maximum atomic E-state index is 11.1. The van der Waals surface area contributed by atoms with Crippen LogP contribution in [-0.4, -0.2) is 11.4 Å². The van der Waals surface area contributed by atoms with Gasteiger partial charge in [-0.2, -0.15) is 0 Å². The van der Waals surface area contributed by atoms with Crippen LogP contribution >= 0.6 is 0 Å². The van der Waals surface area contributed by atoms with E-state index in [1.807, 2.05) is 42.5 Å². The van der Waals surface area contributed by atoms with Crippen molar-refractivity contribution in [1.82, 2.24) is 0 Å². The topological polar surface area (TPSA) is 49.3 Å². The number of benzene rings is 3. The number of phenolic OH excluding ortho intramolecular Hbond substituents is 1. The number of anilines is 1. The number of fused-ring (bicyclic) bond motifs is 1. The summed E-state index contributed by atoms with van der Waals surface area (Å²) in [5.41, 5.74) is 1.61. The summed E-state index contributed by atoms with van der Waals surface area (Å²) in [7, 11) is 0. The van der Waals surface area contributed by atoms with Gasteiger partial charge in [0.2, 0.25) is 0 Å². The van der Waals surface area contributed by atoms with Crippen molar-refractivity contribution in [2.45, 2.75) is 12.5 Å². The molecule has 3 heteroatoms. The van der Waals surface area contributed by atoms with Gasteiger partial charge in [-0.05, 0) is 34.5 Å². The number of aromatic hydroxyl groups is 1. The molecule has 2 N–H and O–H groups in total. The molecule has 0 fully saturated rings. The lowest BCUT2D eigenvalue weighted by Gasteiger charge is -2.20. The lowest BCUT2D eigenvalue weighted by Crippen LogP contribution is -2.12. The van der Waals surface area contributed by atoms with Crippen molar-refractivity contribution in [2.75, 3.05) is 5.32 Å². The zero-order valence-corrected chi connectivity index (χ0v) is 12.0. The zero-order valence-electron chi connectivity index (χ0n) is 12.0. The van der Waals surface area contributed by atoms with Gasteiger partial charge in [0, 0.05) is 6.42 Å². The molecular formula is C19H16NO2. The van der Waals surface area contributed by atoms with Crippen LogP contribution in [0.5, 0.6) is 5.75 Å². The predicted octanol–water partition coefficient (Wildman–Crippen LogP) is 4.09. The van der Waals surface area contributed by atoms with E-state index >= 15 is 0 Å². The molecule has 0 saturated heterocycles. The minimum atomic E-state index is -0.203. The monoisotopic (exact) mass is 290 g/mol. The summed E-state index contributed by atoms with van der Waals surface area (Å²) in [6.45, 7) is 0. The van der Waals surface area contributed by atoms with E-state index in [2.05, 4.69) is 11.4 Å². The molecule has 0 spiro atoms. The van der Waals surface area contributed by atoms with Crippen LogP contribution in [0.25, 0.3) is 10.8 Å². The molecule has 3 nitrogen and oxygen atoms in total. The van der Waals surface area contributed by atoms with E-state index in [0.717, 1.165) is 22.6 Å². The van der Waals surface area contributed by atoms with Crippen LogP contribution in [0.2, 0.25) is 0 Å². The Morgan fingerprint density at radius 3 is 2.77 bits per heavy atom. The number of hydrogen-bond acceptors (Lipinski definition) is 3. The van der Waals surface area contributed by atoms with Gasteiger partial charge >= 0.3 is 0 Å². The van der Waals surface area contributed by atoms with Gasteiger partial charge in [-0.3, -0.25) is 0 Å². The van der Waals surface area contributed by atoms with Crippen LogP contribution in [0.3, 0.4) is 0 Å². The number of hydrogen-bond donors (Lipinski definition) is 2. The molecule has 0 aliphatic heterocycles. The van der Waals surface area contributed by atoms with Gasteiger partial charge < -0.3 is 15.2 Å². The number of carbonyl (C=O) groups excluding carboxylic acids is 1. The smallest absolute Gasteiger partial charge is 0.138 e. The highest BCUT2D eigenvalue weighted by atomic mass is 16.3. The largest absolute Gasteiger partial charge is 0.506 e. The summed E-state index contributed by atoms with van der Waals surface area (Å²) in [5.74, 6) is 0.148. The maximum absolute atomic E-state index is 11.1. The normalized spacial score (nSPS) is 12.0. The molecule has 22 heavy (non-hydrogen) atoms. The summed E-state index contributed by atoms with van der Waals surface area (Å²) in [6.07, 6.45) is 1.21. The molecule has 1 atom stereocenters. The zero-order chi connectivity index (χ0) is 15.4. The molecule has 109 valence electrons. The van der Waals surface area contributed by atoms with Crippen LogP contribution in [0.15, 0.2) is 60.7 Å². The van der Waals surface area contributed by atoms with Gasteiger partial charge in [0.05, 0.1) is 11.7 Å². The lowest BCUT2D eigenvalue weighted by molar-refractivity contribution is -0.108. The highest BCUT2D eigenvalue weighted by Gasteiger charge is 2.15. The fraction of sp³-hybridized carbons (Fsp3) is 0.105. The van der Waals surface area contributed by atoms with Gasteiger partial charge in [0.25, 0.3) is 0 Å². The number of carbonyl (C=O) groups is 1. The minimum absolute atomic E-state index is 0.148. The van der Waals surface area contributed by atoms with Crippen molar-refractivity contribution < 1.29 is 9.90 Å². The number of nitrogens with one attached hydrogen (secondary N) is 1. The molecule has 3 aromatic rings. The van der Waals surface area contributed by atoms with Gasteiger partial charge in [-0.25, -0.2) is 0 Å². The summed E-state index contributed by atoms with van der Waals surface area (Å²) in [5, 5.41) is 15.4. The molecule has 3 rings (SSSR count). The van der Waals surface area contributed by atoms with E-state index in [9.17, 15) is 9.90 Å². The third-order valence-electron chi connectivity index (χ3n) is 3.70. The molecule has 0 amide bonds. The van der Waals surface area contributed by atoms with Gasteiger partial charge in [-0.15, -0.1) is 0 Å². The van der Waals surface area contributed by atoms with E-state index < -0.39 is 0 Å².